The zero-order chi connectivity index (χ0) is 38.9. The molecule has 0 aliphatic heterocycles. The highest BCUT2D eigenvalue weighted by Crippen LogP contribution is 2.64. The lowest BCUT2D eigenvalue weighted by molar-refractivity contribution is 0.686. The van der Waals surface area contributed by atoms with E-state index in [1.807, 2.05) is 0 Å². The van der Waals surface area contributed by atoms with Crippen molar-refractivity contribution < 1.29 is 0 Å². The van der Waals surface area contributed by atoms with Crippen molar-refractivity contribution in [1.82, 2.24) is 0 Å². The smallest absolute Gasteiger partial charge is 0.0727 e. The van der Waals surface area contributed by atoms with E-state index < -0.39 is 5.41 Å². The molecule has 0 N–H and O–H groups in total. The first-order valence-corrected chi connectivity index (χ1v) is 21.1. The number of anilines is 6. The van der Waals surface area contributed by atoms with Gasteiger partial charge in [-0.05, 0) is 147 Å². The number of benzene rings is 9. The zero-order valence-electron chi connectivity index (χ0n) is 32.9. The fourth-order valence-electron chi connectivity index (χ4n) is 10.8. The third-order valence-corrected chi connectivity index (χ3v) is 13.2. The molecule has 3 aliphatic rings. The van der Waals surface area contributed by atoms with Crippen LogP contribution < -0.4 is 9.80 Å². The quantitative estimate of drug-likeness (QED) is 0.167. The van der Waals surface area contributed by atoms with Crippen LogP contribution >= 0.6 is 0 Å². The second-order valence-corrected chi connectivity index (χ2v) is 16.3. The van der Waals surface area contributed by atoms with Crippen LogP contribution in [0.1, 0.15) is 46.2 Å². The molecular weight excluding hydrogens is 713 g/mol. The highest BCUT2D eigenvalue weighted by atomic mass is 15.2. The molecule has 280 valence electrons. The van der Waals surface area contributed by atoms with Crippen molar-refractivity contribution in [2.24, 2.45) is 0 Å². The molecule has 59 heavy (non-hydrogen) atoms. The molecule has 12 rings (SSSR count). The lowest BCUT2D eigenvalue weighted by Crippen LogP contribution is -2.26. The Balaban J connectivity index is 1.13. The molecule has 0 fully saturated rings. The zero-order valence-corrected chi connectivity index (χ0v) is 32.9. The van der Waals surface area contributed by atoms with E-state index in [0.717, 1.165) is 29.9 Å². The molecular formula is C57H42N2. The molecule has 2 nitrogen and oxygen atoms in total. The van der Waals surface area contributed by atoms with Crippen LogP contribution in [0.5, 0.6) is 0 Å². The first kappa shape index (κ1) is 33.9. The van der Waals surface area contributed by atoms with Gasteiger partial charge in [0.1, 0.15) is 0 Å². The summed E-state index contributed by atoms with van der Waals surface area (Å²) in [6.07, 6.45) is 4.73. The minimum absolute atomic E-state index is 0.524. The van der Waals surface area contributed by atoms with Crippen molar-refractivity contribution in [3.8, 4) is 22.3 Å². The van der Waals surface area contributed by atoms with Gasteiger partial charge in [0.15, 0.2) is 0 Å². The molecule has 3 aliphatic carbocycles. The first-order chi connectivity index (χ1) is 29.3. The van der Waals surface area contributed by atoms with E-state index in [4.69, 9.17) is 0 Å². The second kappa shape index (κ2) is 13.5. The van der Waals surface area contributed by atoms with E-state index in [0.29, 0.717) is 0 Å². The molecule has 0 amide bonds. The summed E-state index contributed by atoms with van der Waals surface area (Å²) < 4.78 is 0. The van der Waals surface area contributed by atoms with Crippen molar-refractivity contribution in [1.29, 1.82) is 0 Å². The van der Waals surface area contributed by atoms with Gasteiger partial charge < -0.3 is 9.80 Å². The summed E-state index contributed by atoms with van der Waals surface area (Å²) in [5.74, 6) is 0. The summed E-state index contributed by atoms with van der Waals surface area (Å²) in [6, 6.07) is 77.0. The maximum Gasteiger partial charge on any atom is 0.0727 e. The van der Waals surface area contributed by atoms with Crippen LogP contribution in [-0.2, 0) is 18.3 Å². The van der Waals surface area contributed by atoms with Crippen molar-refractivity contribution in [2.45, 2.75) is 31.1 Å². The van der Waals surface area contributed by atoms with Gasteiger partial charge in [0, 0.05) is 33.8 Å². The van der Waals surface area contributed by atoms with E-state index in [2.05, 4.69) is 216 Å². The number of aryl methyl sites for hydroxylation is 1. The fourth-order valence-corrected chi connectivity index (χ4v) is 10.8. The standard InChI is InChI=1S/C57H42N2/c1-3-21-41(22-4-1)58(55-31-15-19-39-17-7-9-25-45(39)55)43-33-35-49-50-36-34-44(59(42-23-5-2-6-24-42)56-32-16-20-40-18-8-10-26-46(40)56)38-54(50)57(53(49)37-43)51-29-13-11-27-47(51)48-28-12-14-30-52(48)57/h1-7,9,11-17,19-25,27-38H,8,10,18,26H2. The van der Waals surface area contributed by atoms with Crippen molar-refractivity contribution in [3.63, 3.8) is 0 Å². The number of hydrogen-bond acceptors (Lipinski definition) is 2. The Morgan fingerprint density at radius 2 is 0.831 bits per heavy atom. The van der Waals surface area contributed by atoms with Gasteiger partial charge in [0.2, 0.25) is 0 Å². The van der Waals surface area contributed by atoms with E-state index in [1.54, 1.807) is 0 Å². The molecule has 0 radical (unpaired) electrons. The number of nitrogens with zero attached hydrogens (tertiary/aromatic N) is 2. The SMILES string of the molecule is c1ccc(N(c2ccc3c(c2)C2(c4ccccc4-c4ccccc42)c2cc(N(c4ccccc4)c4cccc5ccccc45)ccc2-3)c2cccc3c2CCCC3)cc1. The van der Waals surface area contributed by atoms with Gasteiger partial charge in [0.25, 0.3) is 0 Å². The normalized spacial score (nSPS) is 14.0. The molecule has 0 aromatic heterocycles. The molecule has 0 bridgehead atoms. The van der Waals surface area contributed by atoms with Crippen LogP contribution in [0.15, 0.2) is 206 Å². The lowest BCUT2D eigenvalue weighted by Gasteiger charge is -2.34. The van der Waals surface area contributed by atoms with Crippen molar-refractivity contribution in [3.05, 3.63) is 240 Å². The van der Waals surface area contributed by atoms with Crippen LogP contribution in [0, 0.1) is 0 Å². The number of hydrogen-bond donors (Lipinski definition) is 0. The van der Waals surface area contributed by atoms with Crippen molar-refractivity contribution in [2.75, 3.05) is 9.80 Å². The minimum Gasteiger partial charge on any atom is -0.310 e. The summed E-state index contributed by atoms with van der Waals surface area (Å²) in [4.78, 5) is 4.98. The van der Waals surface area contributed by atoms with Crippen LogP contribution in [0.4, 0.5) is 34.1 Å². The average Bonchev–Trinajstić information content (AvgIpc) is 3.77. The number of rotatable bonds is 6. The Morgan fingerprint density at radius 1 is 0.339 bits per heavy atom. The summed E-state index contributed by atoms with van der Waals surface area (Å²) in [7, 11) is 0. The average molecular weight is 755 g/mol. The molecule has 9 aromatic rings. The molecule has 0 heterocycles. The maximum atomic E-state index is 2.53. The van der Waals surface area contributed by atoms with Gasteiger partial charge in [-0.1, -0.05) is 146 Å². The highest BCUT2D eigenvalue weighted by Gasteiger charge is 2.52. The van der Waals surface area contributed by atoms with Crippen LogP contribution in [-0.4, -0.2) is 0 Å². The van der Waals surface area contributed by atoms with Gasteiger partial charge in [-0.15, -0.1) is 0 Å². The van der Waals surface area contributed by atoms with Gasteiger partial charge in [-0.3, -0.25) is 0 Å². The Bertz CT molecular complexity index is 3020. The van der Waals surface area contributed by atoms with Crippen molar-refractivity contribution >= 4 is 44.9 Å². The second-order valence-electron chi connectivity index (χ2n) is 16.3. The largest absolute Gasteiger partial charge is 0.310 e. The van der Waals surface area contributed by atoms with Gasteiger partial charge in [-0.2, -0.15) is 0 Å². The van der Waals surface area contributed by atoms with E-state index in [1.165, 1.54) is 96.3 Å². The van der Waals surface area contributed by atoms with E-state index >= 15 is 0 Å². The highest BCUT2D eigenvalue weighted by molar-refractivity contribution is 6.01. The number of para-hydroxylation sites is 2. The summed E-state index contributed by atoms with van der Waals surface area (Å²) in [5.41, 5.74) is 20.1. The van der Waals surface area contributed by atoms with E-state index in [9.17, 15) is 0 Å². The monoisotopic (exact) mass is 754 g/mol. The maximum absolute atomic E-state index is 2.53. The first-order valence-electron chi connectivity index (χ1n) is 21.1. The molecule has 0 atom stereocenters. The van der Waals surface area contributed by atoms with Gasteiger partial charge in [-0.25, -0.2) is 0 Å². The summed E-state index contributed by atoms with van der Waals surface area (Å²) in [6.45, 7) is 0. The lowest BCUT2D eigenvalue weighted by atomic mass is 9.70. The number of fused-ring (bicyclic) bond motifs is 12. The molecule has 0 unspecified atom stereocenters. The fraction of sp³-hybridized carbons (Fsp3) is 0.0877. The van der Waals surface area contributed by atoms with Crippen LogP contribution in [0.3, 0.4) is 0 Å². The molecule has 2 heteroatoms. The molecule has 0 saturated carbocycles. The van der Waals surface area contributed by atoms with Crippen LogP contribution in [0.25, 0.3) is 33.0 Å². The third kappa shape index (κ3) is 5.06. The van der Waals surface area contributed by atoms with E-state index in [-0.39, 0.29) is 0 Å². The summed E-state index contributed by atoms with van der Waals surface area (Å²) in [5, 5.41) is 2.45. The molecule has 1 spiro atoms. The predicted octanol–water partition coefficient (Wildman–Crippen LogP) is 15.0. The predicted molar refractivity (Wildman–Crippen MR) is 246 cm³/mol. The topological polar surface area (TPSA) is 6.48 Å². The van der Waals surface area contributed by atoms with Gasteiger partial charge in [0.05, 0.1) is 11.1 Å². The molecule has 9 aromatic carbocycles. The molecule has 0 saturated heterocycles. The van der Waals surface area contributed by atoms with Crippen LogP contribution in [0.2, 0.25) is 0 Å². The van der Waals surface area contributed by atoms with Gasteiger partial charge >= 0.3 is 0 Å². The third-order valence-electron chi connectivity index (χ3n) is 13.2. The Morgan fingerprint density at radius 3 is 1.49 bits per heavy atom. The Hall–Kier alpha value is -7.16. The minimum atomic E-state index is -0.524. The summed E-state index contributed by atoms with van der Waals surface area (Å²) >= 11 is 0. The Labute approximate surface area is 346 Å². The Kier molecular flexibility index (Phi) is 7.74.